The fourth-order valence-corrected chi connectivity index (χ4v) is 1.93. The van der Waals surface area contributed by atoms with Crippen molar-refractivity contribution >= 4 is 17.6 Å². The van der Waals surface area contributed by atoms with E-state index in [4.69, 9.17) is 0 Å². The number of rotatable bonds is 2. The molecule has 0 spiro atoms. The average Bonchev–Trinajstić information content (AvgIpc) is 2.71. The molecule has 0 atom stereocenters. The van der Waals surface area contributed by atoms with E-state index >= 15 is 0 Å². The second-order valence-corrected chi connectivity index (χ2v) is 4.16. The summed E-state index contributed by atoms with van der Waals surface area (Å²) < 4.78 is 26.8. The predicted molar refractivity (Wildman–Crippen MR) is 57.6 cm³/mol. The predicted octanol–water partition coefficient (Wildman–Crippen LogP) is 3.21. The molecule has 1 aromatic carbocycles. The van der Waals surface area contributed by atoms with E-state index in [1.54, 1.807) is 0 Å². The minimum atomic E-state index is -0.540. The molecule has 2 nitrogen and oxygen atoms in total. The molecule has 16 heavy (non-hydrogen) atoms. The number of benzene rings is 1. The highest BCUT2D eigenvalue weighted by Crippen LogP contribution is 2.26. The summed E-state index contributed by atoms with van der Waals surface area (Å²) in [4.78, 5) is 14.3. The number of carbonyl (C=O) groups is 1. The molecule has 5 heteroatoms. The Morgan fingerprint density at radius 3 is 2.69 bits per heavy atom. The van der Waals surface area contributed by atoms with Crippen LogP contribution in [0.3, 0.4) is 0 Å². The Balaban J connectivity index is 2.55. The van der Waals surface area contributed by atoms with Crippen LogP contribution < -0.4 is 0 Å². The third kappa shape index (κ3) is 1.86. The molecule has 0 saturated carbocycles. The van der Waals surface area contributed by atoms with Gasteiger partial charge < -0.3 is 0 Å². The first-order valence-electron chi connectivity index (χ1n) is 4.48. The molecule has 1 heterocycles. The van der Waals surface area contributed by atoms with Crippen molar-refractivity contribution in [1.29, 1.82) is 0 Å². The zero-order valence-corrected chi connectivity index (χ0v) is 9.15. The van der Waals surface area contributed by atoms with Crippen LogP contribution in [0, 0.1) is 18.6 Å². The van der Waals surface area contributed by atoms with Gasteiger partial charge in [0.2, 0.25) is 0 Å². The van der Waals surface area contributed by atoms with Gasteiger partial charge in [-0.2, -0.15) is 0 Å². The maximum Gasteiger partial charge on any atom is 0.178 e. The minimum Gasteiger partial charge on any atom is -0.295 e. The molecule has 0 unspecified atom stereocenters. The quantitative estimate of drug-likeness (QED) is 0.753. The molecule has 0 fully saturated rings. The van der Waals surface area contributed by atoms with Crippen LogP contribution in [-0.4, -0.2) is 11.3 Å². The lowest BCUT2D eigenvalue weighted by Crippen LogP contribution is -1.91. The lowest BCUT2D eigenvalue weighted by molar-refractivity contribution is 0.112. The molecule has 0 N–H and O–H groups in total. The Labute approximate surface area is 94.6 Å². The number of aromatic nitrogens is 1. The molecular weight excluding hydrogens is 232 g/mol. The molecular formula is C11H7F2NOS. The number of thiazole rings is 1. The number of carbonyl (C=O) groups excluding carboxylic acids is 1. The summed E-state index contributed by atoms with van der Waals surface area (Å²) in [6.07, 6.45) is 0.580. The molecule has 1 aromatic heterocycles. The standard InChI is InChI=1S/C11H7F2NOS/c1-6-2-9(13)7(3-8(6)12)10-5-16-11(4-15)14-10/h2-5H,1H3. The van der Waals surface area contributed by atoms with Crippen molar-refractivity contribution in [2.24, 2.45) is 0 Å². The maximum atomic E-state index is 13.5. The Kier molecular flexibility index (Phi) is 2.78. The van der Waals surface area contributed by atoms with Gasteiger partial charge in [0.05, 0.1) is 5.69 Å². The highest BCUT2D eigenvalue weighted by molar-refractivity contribution is 7.11. The topological polar surface area (TPSA) is 30.0 Å². The molecule has 0 radical (unpaired) electrons. The second kappa shape index (κ2) is 4.09. The molecule has 0 aliphatic rings. The van der Waals surface area contributed by atoms with E-state index in [9.17, 15) is 13.6 Å². The van der Waals surface area contributed by atoms with Crippen LogP contribution in [0.15, 0.2) is 17.5 Å². The van der Waals surface area contributed by atoms with Crippen LogP contribution in [-0.2, 0) is 0 Å². The summed E-state index contributed by atoms with van der Waals surface area (Å²) in [6, 6.07) is 2.21. The van der Waals surface area contributed by atoms with E-state index in [2.05, 4.69) is 4.98 Å². The van der Waals surface area contributed by atoms with E-state index in [0.29, 0.717) is 6.29 Å². The van der Waals surface area contributed by atoms with Crippen LogP contribution >= 0.6 is 11.3 Å². The van der Waals surface area contributed by atoms with Gasteiger partial charge in [0.1, 0.15) is 11.6 Å². The van der Waals surface area contributed by atoms with Crippen LogP contribution in [0.25, 0.3) is 11.3 Å². The average molecular weight is 239 g/mol. The number of halogens is 2. The minimum absolute atomic E-state index is 0.0763. The summed E-state index contributed by atoms with van der Waals surface area (Å²) >= 11 is 1.09. The molecule has 0 aliphatic carbocycles. The lowest BCUT2D eigenvalue weighted by Gasteiger charge is -2.02. The van der Waals surface area contributed by atoms with Crippen molar-refractivity contribution in [2.75, 3.05) is 0 Å². The number of hydrogen-bond acceptors (Lipinski definition) is 3. The zero-order valence-electron chi connectivity index (χ0n) is 8.33. The second-order valence-electron chi connectivity index (χ2n) is 3.27. The molecule has 2 aromatic rings. The van der Waals surface area contributed by atoms with Gasteiger partial charge in [-0.3, -0.25) is 4.79 Å². The molecule has 0 bridgehead atoms. The van der Waals surface area contributed by atoms with Gasteiger partial charge >= 0.3 is 0 Å². The first-order chi connectivity index (χ1) is 7.61. The smallest absolute Gasteiger partial charge is 0.178 e. The van der Waals surface area contributed by atoms with E-state index < -0.39 is 11.6 Å². The first kappa shape index (κ1) is 10.9. The van der Waals surface area contributed by atoms with E-state index in [-0.39, 0.29) is 21.8 Å². The number of hydrogen-bond donors (Lipinski definition) is 0. The van der Waals surface area contributed by atoms with Crippen LogP contribution in [0.1, 0.15) is 15.4 Å². The Hall–Kier alpha value is -1.62. The zero-order chi connectivity index (χ0) is 11.7. The summed E-state index contributed by atoms with van der Waals surface area (Å²) in [5.74, 6) is -1.03. The third-order valence-electron chi connectivity index (χ3n) is 2.15. The van der Waals surface area contributed by atoms with Crippen molar-refractivity contribution in [2.45, 2.75) is 6.92 Å². The van der Waals surface area contributed by atoms with Crippen LogP contribution in [0.5, 0.6) is 0 Å². The van der Waals surface area contributed by atoms with Crippen molar-refractivity contribution < 1.29 is 13.6 Å². The van der Waals surface area contributed by atoms with Crippen LogP contribution in [0.2, 0.25) is 0 Å². The number of aldehydes is 1. The summed E-state index contributed by atoms with van der Waals surface area (Å²) in [6.45, 7) is 1.49. The third-order valence-corrected chi connectivity index (χ3v) is 2.92. The van der Waals surface area contributed by atoms with Gasteiger partial charge in [-0.15, -0.1) is 11.3 Å². The fraction of sp³-hybridized carbons (Fsp3) is 0.0909. The Bertz CT molecular complexity index is 551. The Morgan fingerprint density at radius 1 is 1.31 bits per heavy atom. The molecule has 0 saturated heterocycles. The monoisotopic (exact) mass is 239 g/mol. The van der Waals surface area contributed by atoms with Gasteiger partial charge in [0.15, 0.2) is 11.3 Å². The number of aryl methyl sites for hydroxylation is 1. The van der Waals surface area contributed by atoms with Crippen molar-refractivity contribution in [3.63, 3.8) is 0 Å². The first-order valence-corrected chi connectivity index (χ1v) is 5.36. The van der Waals surface area contributed by atoms with Gasteiger partial charge in [-0.1, -0.05) is 0 Å². The SMILES string of the molecule is Cc1cc(F)c(-c2csc(C=O)n2)cc1F. The number of nitrogens with zero attached hydrogens (tertiary/aromatic N) is 1. The molecule has 0 amide bonds. The van der Waals surface area contributed by atoms with E-state index in [1.807, 2.05) is 0 Å². The fourth-order valence-electron chi connectivity index (χ4n) is 1.31. The van der Waals surface area contributed by atoms with Crippen molar-refractivity contribution in [1.82, 2.24) is 4.98 Å². The van der Waals surface area contributed by atoms with Gasteiger partial charge in [0, 0.05) is 10.9 Å². The van der Waals surface area contributed by atoms with Gasteiger partial charge in [0.25, 0.3) is 0 Å². The molecule has 82 valence electrons. The van der Waals surface area contributed by atoms with Crippen molar-refractivity contribution in [3.05, 3.63) is 39.7 Å². The highest BCUT2D eigenvalue weighted by atomic mass is 32.1. The normalized spacial score (nSPS) is 10.4. The summed E-state index contributed by atoms with van der Waals surface area (Å²) in [5.41, 5.74) is 0.600. The van der Waals surface area contributed by atoms with E-state index in [1.165, 1.54) is 12.3 Å². The molecule has 2 rings (SSSR count). The van der Waals surface area contributed by atoms with E-state index in [0.717, 1.165) is 23.5 Å². The summed E-state index contributed by atoms with van der Waals surface area (Å²) in [7, 11) is 0. The van der Waals surface area contributed by atoms with Gasteiger partial charge in [-0.25, -0.2) is 13.8 Å². The Morgan fingerprint density at radius 2 is 2.06 bits per heavy atom. The molecule has 0 aliphatic heterocycles. The lowest BCUT2D eigenvalue weighted by atomic mass is 10.1. The summed E-state index contributed by atoms with van der Waals surface area (Å²) in [5, 5.41) is 1.77. The largest absolute Gasteiger partial charge is 0.295 e. The van der Waals surface area contributed by atoms with Crippen molar-refractivity contribution in [3.8, 4) is 11.3 Å². The van der Waals surface area contributed by atoms with Gasteiger partial charge in [-0.05, 0) is 24.6 Å². The van der Waals surface area contributed by atoms with Crippen LogP contribution in [0.4, 0.5) is 8.78 Å². The highest BCUT2D eigenvalue weighted by Gasteiger charge is 2.12. The maximum absolute atomic E-state index is 13.5.